The number of nitrogens with zero attached hydrogens (tertiary/aromatic N) is 2. The van der Waals surface area contributed by atoms with Gasteiger partial charge in [-0.25, -0.2) is 4.79 Å². The number of nitro benzene ring substituents is 2. The van der Waals surface area contributed by atoms with E-state index in [0.717, 1.165) is 12.1 Å². The zero-order valence-electron chi connectivity index (χ0n) is 45.0. The molecule has 28 nitrogen and oxygen atoms in total. The van der Waals surface area contributed by atoms with Crippen LogP contribution in [0.5, 0.6) is 0 Å². The molecule has 78 heavy (non-hydrogen) atoms. The van der Waals surface area contributed by atoms with Gasteiger partial charge in [0.25, 0.3) is 11.4 Å². The molecule has 0 aliphatic heterocycles. The molecule has 0 spiro atoms. The van der Waals surface area contributed by atoms with Crippen LogP contribution in [0.3, 0.4) is 0 Å². The molecule has 0 atom stereocenters. The lowest BCUT2D eigenvalue weighted by Gasteiger charge is -2.34. The van der Waals surface area contributed by atoms with Gasteiger partial charge in [0.05, 0.1) is 80.9 Å². The molecule has 0 fully saturated rings. The highest BCUT2D eigenvalue weighted by Crippen LogP contribution is 2.33. The number of benzene rings is 1. The highest BCUT2D eigenvalue weighted by Gasteiger charge is 2.47. The van der Waals surface area contributed by atoms with Crippen molar-refractivity contribution in [1.82, 2.24) is 0 Å². The number of rotatable bonds is 39. The number of unbranched alkanes of at least 4 members (excludes halogenated alkanes) is 6. The van der Waals surface area contributed by atoms with Gasteiger partial charge in [-0.05, 0) is 61.3 Å². The Balaban J connectivity index is 3.42. The van der Waals surface area contributed by atoms with Gasteiger partial charge in [-0.3, -0.25) is 49.0 Å². The molecule has 1 aromatic rings. The molecule has 0 bridgehead atoms. The molecule has 0 aliphatic rings. The molecule has 0 heterocycles. The maximum absolute atomic E-state index is 14.1. The summed E-state index contributed by atoms with van der Waals surface area (Å²) in [7, 11) is 0. The number of nitro groups is 2. The summed E-state index contributed by atoms with van der Waals surface area (Å²) >= 11 is 0. The quantitative estimate of drug-likeness (QED) is 0.0149. The second kappa shape index (κ2) is 31.5. The van der Waals surface area contributed by atoms with Gasteiger partial charge in [0.15, 0.2) is 0 Å². The Morgan fingerprint density at radius 1 is 0.410 bits per heavy atom. The minimum Gasteiger partial charge on any atom is -0.464 e. The Labute approximate surface area is 450 Å². The molecule has 1 radical (unpaired) electrons. The first-order chi connectivity index (χ1) is 36.4. The van der Waals surface area contributed by atoms with Crippen molar-refractivity contribution in [3.63, 3.8) is 0 Å². The molecule has 443 valence electrons. The van der Waals surface area contributed by atoms with E-state index in [0.29, 0.717) is 51.0 Å². The molecule has 1 rings (SSSR count). The van der Waals surface area contributed by atoms with Crippen LogP contribution in [0.25, 0.3) is 0 Å². The number of non-ortho nitro benzene ring substituents is 2. The lowest BCUT2D eigenvalue weighted by molar-refractivity contribution is -0.394. The summed E-state index contributed by atoms with van der Waals surface area (Å²) in [6, 6.07) is 2.45. The smallest absolute Gasteiger partial charge is 0.338 e. The Bertz CT molecular complexity index is 1990. The highest BCUT2D eigenvalue weighted by molar-refractivity contribution is 5.91. The second-order valence-electron chi connectivity index (χ2n) is 21.2. The van der Waals surface area contributed by atoms with Crippen molar-refractivity contribution in [2.75, 3.05) is 99.1 Å². The molecule has 0 saturated heterocycles. The van der Waals surface area contributed by atoms with E-state index in [-0.39, 0.29) is 18.6 Å². The fourth-order valence-corrected chi connectivity index (χ4v) is 6.26. The van der Waals surface area contributed by atoms with E-state index in [9.17, 15) is 94.6 Å². The minimum atomic E-state index is -2.07. The molecule has 0 aromatic heterocycles. The molecule has 0 saturated carbocycles. The van der Waals surface area contributed by atoms with Crippen LogP contribution in [0.4, 0.5) is 11.4 Å². The molecule has 0 amide bonds. The molecular formula is C50H77N2O26. The van der Waals surface area contributed by atoms with Crippen molar-refractivity contribution in [3.05, 3.63) is 50.9 Å². The standard InChI is InChI=1S/C50H77N2O26/c1-44(15-13-11-9-8-10-12-14-16-72-37(61)34-17-35(51(68)69)19-36(18-34)52(70)71,28-73-42(66)49(6,30-75-38(62)45(2,20-53)21-54)31-76-39(63)46(3,22-55)23-56)29-74-43(67)50(7,32-77-40(64)47(4,24-57)25-58)33-78-41(65)48(5,26-59)27-60/h17-19,53-60H,1,8-16,20-33H2,2-7H3. The molecular weight excluding hydrogens is 1040 g/mol. The first-order valence-corrected chi connectivity index (χ1v) is 24.7. The topological polar surface area (TPSA) is 432 Å². The lowest BCUT2D eigenvalue weighted by atomic mass is 9.85. The molecule has 1 aromatic carbocycles. The zero-order chi connectivity index (χ0) is 59.8. The van der Waals surface area contributed by atoms with Crippen LogP contribution in [0.1, 0.15) is 103 Å². The fourth-order valence-electron chi connectivity index (χ4n) is 6.26. The van der Waals surface area contributed by atoms with E-state index in [1.165, 1.54) is 41.5 Å². The SMILES string of the molecule is [CH2]C(CCCCCCCCCOC(=O)c1cc([N+](=O)[O-])cc([N+](=O)[O-])c1)(COC(=O)C(C)(COC(=O)C(C)(CO)CO)COC(=O)C(C)(CO)CO)COC(=O)C(C)(COC(=O)C(C)(CO)CO)COC(=O)C(C)(CO)CO. The van der Waals surface area contributed by atoms with Crippen LogP contribution in [-0.4, -0.2) is 192 Å². The Hall–Kier alpha value is -6.01. The maximum atomic E-state index is 14.1. The van der Waals surface area contributed by atoms with Crippen LogP contribution in [-0.2, 0) is 61.9 Å². The minimum absolute atomic E-state index is 0.0497. The first kappa shape index (κ1) is 70.0. The van der Waals surface area contributed by atoms with Crippen LogP contribution in [0.15, 0.2) is 18.2 Å². The van der Waals surface area contributed by atoms with Crippen molar-refractivity contribution in [2.24, 2.45) is 37.9 Å². The van der Waals surface area contributed by atoms with E-state index < -0.39 is 193 Å². The molecule has 28 heteroatoms. The average Bonchev–Trinajstić information content (AvgIpc) is 3.44. The largest absolute Gasteiger partial charge is 0.464 e. The third-order valence-electron chi connectivity index (χ3n) is 13.0. The Morgan fingerprint density at radius 2 is 0.667 bits per heavy atom. The second-order valence-corrected chi connectivity index (χ2v) is 21.2. The van der Waals surface area contributed by atoms with Crippen molar-refractivity contribution >= 4 is 53.2 Å². The summed E-state index contributed by atoms with van der Waals surface area (Å²) in [5.74, 6) is -7.97. The number of hydrogen-bond acceptors (Lipinski definition) is 26. The van der Waals surface area contributed by atoms with Gasteiger partial charge in [-0.2, -0.15) is 0 Å². The first-order valence-electron chi connectivity index (χ1n) is 24.7. The summed E-state index contributed by atoms with van der Waals surface area (Å²) in [6.07, 6.45) is 3.75. The lowest BCUT2D eigenvalue weighted by Crippen LogP contribution is -2.47. The van der Waals surface area contributed by atoms with Gasteiger partial charge in [0.1, 0.15) is 72.1 Å². The number of esters is 7. The van der Waals surface area contributed by atoms with E-state index in [1.807, 2.05) is 0 Å². The summed E-state index contributed by atoms with van der Waals surface area (Å²) in [5.41, 5.74) is -14.7. The monoisotopic (exact) mass is 1120 g/mol. The molecule has 0 aliphatic carbocycles. The predicted molar refractivity (Wildman–Crippen MR) is 266 cm³/mol. The number of carbonyl (C=O) groups excluding carboxylic acids is 7. The number of aliphatic hydroxyl groups is 8. The van der Waals surface area contributed by atoms with Crippen LogP contribution < -0.4 is 0 Å². The highest BCUT2D eigenvalue weighted by atomic mass is 16.6. The Morgan fingerprint density at radius 3 is 0.949 bits per heavy atom. The third-order valence-corrected chi connectivity index (χ3v) is 13.0. The fraction of sp³-hybridized carbons (Fsp3) is 0.720. The van der Waals surface area contributed by atoms with E-state index in [2.05, 4.69) is 6.92 Å². The van der Waals surface area contributed by atoms with E-state index >= 15 is 0 Å². The van der Waals surface area contributed by atoms with Crippen molar-refractivity contribution < 1.29 is 117 Å². The average molecular weight is 1120 g/mol. The third kappa shape index (κ3) is 20.3. The van der Waals surface area contributed by atoms with Crippen molar-refractivity contribution in [2.45, 2.75) is 92.9 Å². The van der Waals surface area contributed by atoms with Gasteiger partial charge in [-0.15, -0.1) is 0 Å². The summed E-state index contributed by atoms with van der Waals surface area (Å²) in [6.45, 7) is -0.629. The van der Waals surface area contributed by atoms with Gasteiger partial charge in [0, 0.05) is 17.5 Å². The van der Waals surface area contributed by atoms with Gasteiger partial charge < -0.3 is 74.0 Å². The van der Waals surface area contributed by atoms with Crippen LogP contribution in [0.2, 0.25) is 0 Å². The summed E-state index contributed by atoms with van der Waals surface area (Å²) in [4.78, 5) is 113. The van der Waals surface area contributed by atoms with Crippen LogP contribution in [0, 0.1) is 65.1 Å². The summed E-state index contributed by atoms with van der Waals surface area (Å²) in [5, 5.41) is 100. The molecule has 0 unspecified atom stereocenters. The normalized spacial score (nSPS) is 12.5. The number of aliphatic hydroxyl groups excluding tert-OH is 8. The van der Waals surface area contributed by atoms with E-state index in [1.54, 1.807) is 0 Å². The van der Waals surface area contributed by atoms with Gasteiger partial charge >= 0.3 is 41.8 Å². The van der Waals surface area contributed by atoms with Crippen molar-refractivity contribution in [1.29, 1.82) is 0 Å². The zero-order valence-corrected chi connectivity index (χ0v) is 45.0. The predicted octanol–water partition coefficient (Wildman–Crippen LogP) is 0.836. The van der Waals surface area contributed by atoms with Crippen LogP contribution >= 0.6 is 0 Å². The summed E-state index contributed by atoms with van der Waals surface area (Å²) < 4.78 is 37.8. The Kier molecular flexibility index (Phi) is 28.3. The number of carbonyl (C=O) groups is 7. The molecule has 8 N–H and O–H groups in total. The number of ether oxygens (including phenoxy) is 7. The van der Waals surface area contributed by atoms with Gasteiger partial charge in [0.2, 0.25) is 0 Å². The van der Waals surface area contributed by atoms with E-state index in [4.69, 9.17) is 33.2 Å². The number of hydrogen-bond donors (Lipinski definition) is 8. The maximum Gasteiger partial charge on any atom is 0.338 e. The van der Waals surface area contributed by atoms with Crippen molar-refractivity contribution in [3.8, 4) is 0 Å². The van der Waals surface area contributed by atoms with Gasteiger partial charge in [-0.1, -0.05) is 38.5 Å².